The standard InChI is InChI=1S/C17H22N2/c1-12-8-9-19-17(10-12)16(18-4)11-15-13(2)6-5-7-14(15)3/h5-10,16,18H,11H2,1-4H3. The Morgan fingerprint density at radius 1 is 1.11 bits per heavy atom. The molecule has 19 heavy (non-hydrogen) atoms. The number of aryl methyl sites for hydroxylation is 3. The third-order valence-electron chi connectivity index (χ3n) is 3.69. The van der Waals surface area contributed by atoms with Crippen molar-refractivity contribution in [3.63, 3.8) is 0 Å². The Hall–Kier alpha value is -1.67. The monoisotopic (exact) mass is 254 g/mol. The van der Waals surface area contributed by atoms with Crippen molar-refractivity contribution in [1.29, 1.82) is 0 Å². The number of rotatable bonds is 4. The van der Waals surface area contributed by atoms with Crippen LogP contribution in [0.4, 0.5) is 0 Å². The summed E-state index contributed by atoms with van der Waals surface area (Å²) in [6, 6.07) is 10.9. The maximum Gasteiger partial charge on any atom is 0.0579 e. The van der Waals surface area contributed by atoms with Gasteiger partial charge in [0.25, 0.3) is 0 Å². The van der Waals surface area contributed by atoms with Crippen LogP contribution in [0.2, 0.25) is 0 Å². The SMILES string of the molecule is CNC(Cc1c(C)cccc1C)c1cc(C)ccn1. The molecule has 0 fully saturated rings. The Morgan fingerprint density at radius 2 is 1.79 bits per heavy atom. The minimum Gasteiger partial charge on any atom is -0.311 e. The molecular weight excluding hydrogens is 232 g/mol. The van der Waals surface area contributed by atoms with Gasteiger partial charge >= 0.3 is 0 Å². The van der Waals surface area contributed by atoms with Crippen molar-refractivity contribution < 1.29 is 0 Å². The first-order valence-electron chi connectivity index (χ1n) is 6.76. The topological polar surface area (TPSA) is 24.9 Å². The Bertz CT molecular complexity index is 541. The smallest absolute Gasteiger partial charge is 0.0579 e. The lowest BCUT2D eigenvalue weighted by molar-refractivity contribution is 0.573. The summed E-state index contributed by atoms with van der Waals surface area (Å²) < 4.78 is 0. The first-order chi connectivity index (χ1) is 9.11. The van der Waals surface area contributed by atoms with Gasteiger partial charge in [0.05, 0.1) is 11.7 Å². The molecule has 0 radical (unpaired) electrons. The van der Waals surface area contributed by atoms with Crippen molar-refractivity contribution in [2.45, 2.75) is 33.2 Å². The van der Waals surface area contributed by atoms with Gasteiger partial charge in [0.1, 0.15) is 0 Å². The van der Waals surface area contributed by atoms with Crippen LogP contribution < -0.4 is 5.32 Å². The molecule has 1 aromatic heterocycles. The second kappa shape index (κ2) is 5.98. The van der Waals surface area contributed by atoms with E-state index in [0.29, 0.717) is 0 Å². The van der Waals surface area contributed by atoms with Crippen molar-refractivity contribution in [2.24, 2.45) is 0 Å². The molecule has 0 bridgehead atoms. The molecule has 1 N–H and O–H groups in total. The molecule has 0 aliphatic heterocycles. The number of pyridine rings is 1. The van der Waals surface area contributed by atoms with Crippen LogP contribution in [-0.4, -0.2) is 12.0 Å². The molecule has 2 rings (SSSR count). The number of hydrogen-bond donors (Lipinski definition) is 1. The second-order valence-electron chi connectivity index (χ2n) is 5.17. The van der Waals surface area contributed by atoms with Gasteiger partial charge < -0.3 is 5.32 Å². The first kappa shape index (κ1) is 13.8. The lowest BCUT2D eigenvalue weighted by atomic mass is 9.94. The van der Waals surface area contributed by atoms with E-state index >= 15 is 0 Å². The van der Waals surface area contributed by atoms with Crippen molar-refractivity contribution >= 4 is 0 Å². The predicted octanol–water partition coefficient (Wildman–Crippen LogP) is 3.51. The van der Waals surface area contributed by atoms with E-state index in [1.165, 1.54) is 22.3 Å². The lowest BCUT2D eigenvalue weighted by Crippen LogP contribution is -2.21. The number of nitrogens with zero attached hydrogens (tertiary/aromatic N) is 1. The third-order valence-corrected chi connectivity index (χ3v) is 3.69. The van der Waals surface area contributed by atoms with Crippen LogP contribution in [0, 0.1) is 20.8 Å². The van der Waals surface area contributed by atoms with E-state index < -0.39 is 0 Å². The molecule has 2 aromatic rings. The molecule has 1 heterocycles. The average Bonchev–Trinajstić information content (AvgIpc) is 2.38. The molecular formula is C17H22N2. The highest BCUT2D eigenvalue weighted by molar-refractivity contribution is 5.35. The van der Waals surface area contributed by atoms with Gasteiger partial charge in [-0.25, -0.2) is 0 Å². The molecule has 1 unspecified atom stereocenters. The fourth-order valence-corrected chi connectivity index (χ4v) is 2.48. The van der Waals surface area contributed by atoms with Gasteiger partial charge in [-0.3, -0.25) is 4.98 Å². The molecule has 0 saturated heterocycles. The quantitative estimate of drug-likeness (QED) is 0.903. The second-order valence-corrected chi connectivity index (χ2v) is 5.17. The normalized spacial score (nSPS) is 12.4. The molecule has 2 heteroatoms. The molecule has 0 aliphatic carbocycles. The summed E-state index contributed by atoms with van der Waals surface area (Å²) in [4.78, 5) is 4.50. The molecule has 0 saturated carbocycles. The molecule has 0 aliphatic rings. The van der Waals surface area contributed by atoms with E-state index in [4.69, 9.17) is 0 Å². The van der Waals surface area contributed by atoms with Crippen LogP contribution in [-0.2, 0) is 6.42 Å². The zero-order chi connectivity index (χ0) is 13.8. The molecule has 1 aromatic carbocycles. The average molecular weight is 254 g/mol. The van der Waals surface area contributed by atoms with E-state index in [2.05, 4.69) is 55.3 Å². The highest BCUT2D eigenvalue weighted by Gasteiger charge is 2.14. The largest absolute Gasteiger partial charge is 0.311 e. The summed E-state index contributed by atoms with van der Waals surface area (Å²) in [5.74, 6) is 0. The fourth-order valence-electron chi connectivity index (χ4n) is 2.48. The van der Waals surface area contributed by atoms with Crippen molar-refractivity contribution in [2.75, 3.05) is 7.05 Å². The number of likely N-dealkylation sites (N-methyl/N-ethyl adjacent to an activating group) is 1. The minimum absolute atomic E-state index is 0.264. The van der Waals surface area contributed by atoms with Gasteiger partial charge in [-0.05, 0) is 68.6 Å². The fraction of sp³-hybridized carbons (Fsp3) is 0.353. The van der Waals surface area contributed by atoms with E-state index in [9.17, 15) is 0 Å². The summed E-state index contributed by atoms with van der Waals surface area (Å²) in [6.07, 6.45) is 2.87. The highest BCUT2D eigenvalue weighted by atomic mass is 14.9. The first-order valence-corrected chi connectivity index (χ1v) is 6.76. The summed E-state index contributed by atoms with van der Waals surface area (Å²) in [7, 11) is 2.00. The van der Waals surface area contributed by atoms with Gasteiger partial charge in [-0.15, -0.1) is 0 Å². The lowest BCUT2D eigenvalue weighted by Gasteiger charge is -2.19. The number of hydrogen-bond acceptors (Lipinski definition) is 2. The maximum absolute atomic E-state index is 4.50. The Labute approximate surface area is 115 Å². The van der Waals surface area contributed by atoms with Crippen LogP contribution in [0.3, 0.4) is 0 Å². The van der Waals surface area contributed by atoms with Crippen molar-refractivity contribution in [3.8, 4) is 0 Å². The molecule has 0 spiro atoms. The summed E-state index contributed by atoms with van der Waals surface area (Å²) >= 11 is 0. The summed E-state index contributed by atoms with van der Waals surface area (Å²) in [5, 5.41) is 3.39. The van der Waals surface area contributed by atoms with Gasteiger partial charge in [0.2, 0.25) is 0 Å². The zero-order valence-electron chi connectivity index (χ0n) is 12.2. The van der Waals surface area contributed by atoms with Crippen LogP contribution in [0.5, 0.6) is 0 Å². The Morgan fingerprint density at radius 3 is 2.37 bits per heavy atom. The van der Waals surface area contributed by atoms with E-state index in [1.807, 2.05) is 19.3 Å². The van der Waals surface area contributed by atoms with Crippen LogP contribution >= 0.6 is 0 Å². The third kappa shape index (κ3) is 3.21. The number of nitrogens with one attached hydrogen (secondary N) is 1. The van der Waals surface area contributed by atoms with Gasteiger partial charge in [-0.1, -0.05) is 18.2 Å². The zero-order valence-corrected chi connectivity index (χ0v) is 12.2. The number of aromatic nitrogens is 1. The molecule has 0 amide bonds. The van der Waals surface area contributed by atoms with Gasteiger partial charge in [-0.2, -0.15) is 0 Å². The summed E-state index contributed by atoms with van der Waals surface area (Å²) in [5.41, 5.74) is 6.50. The Kier molecular flexibility index (Phi) is 4.33. The van der Waals surface area contributed by atoms with Crippen molar-refractivity contribution in [3.05, 3.63) is 64.5 Å². The van der Waals surface area contributed by atoms with Gasteiger partial charge in [0, 0.05) is 6.20 Å². The van der Waals surface area contributed by atoms with Crippen LogP contribution in [0.25, 0.3) is 0 Å². The molecule has 100 valence electrons. The Balaban J connectivity index is 2.29. The minimum atomic E-state index is 0.264. The van der Waals surface area contributed by atoms with Gasteiger partial charge in [0.15, 0.2) is 0 Å². The highest BCUT2D eigenvalue weighted by Crippen LogP contribution is 2.22. The number of benzene rings is 1. The predicted molar refractivity (Wildman–Crippen MR) is 80.4 cm³/mol. The van der Waals surface area contributed by atoms with E-state index in [1.54, 1.807) is 0 Å². The van der Waals surface area contributed by atoms with E-state index in [-0.39, 0.29) is 6.04 Å². The van der Waals surface area contributed by atoms with Crippen molar-refractivity contribution in [1.82, 2.24) is 10.3 Å². The molecule has 1 atom stereocenters. The van der Waals surface area contributed by atoms with Crippen LogP contribution in [0.1, 0.15) is 34.0 Å². The molecule has 2 nitrogen and oxygen atoms in total. The summed E-state index contributed by atoms with van der Waals surface area (Å²) in [6.45, 7) is 6.47. The maximum atomic E-state index is 4.50. The van der Waals surface area contributed by atoms with Crippen LogP contribution in [0.15, 0.2) is 36.5 Å². The van der Waals surface area contributed by atoms with E-state index in [0.717, 1.165) is 12.1 Å².